The lowest BCUT2D eigenvalue weighted by Gasteiger charge is -2.35. The molecule has 26 heavy (non-hydrogen) atoms. The number of aromatic nitrogens is 4. The Morgan fingerprint density at radius 1 is 1.08 bits per heavy atom. The minimum Gasteiger partial charge on any atom is -0.354 e. The third-order valence-corrected chi connectivity index (χ3v) is 5.89. The first-order valence-electron chi connectivity index (χ1n) is 10.1. The average Bonchev–Trinajstić information content (AvgIpc) is 3.05. The molecule has 0 aliphatic carbocycles. The van der Waals surface area contributed by atoms with Gasteiger partial charge in [0.05, 0.1) is 6.54 Å². The monoisotopic (exact) mass is 357 g/mol. The van der Waals surface area contributed by atoms with Crippen molar-refractivity contribution in [3.05, 3.63) is 17.6 Å². The van der Waals surface area contributed by atoms with Crippen molar-refractivity contribution in [2.75, 3.05) is 44.2 Å². The summed E-state index contributed by atoms with van der Waals surface area (Å²) in [4.78, 5) is 16.8. The summed E-state index contributed by atoms with van der Waals surface area (Å²) in [6.07, 6.45) is 3.89. The first kappa shape index (κ1) is 17.7. The fourth-order valence-corrected chi connectivity index (χ4v) is 4.17. The molecule has 7 nitrogen and oxygen atoms in total. The second-order valence-electron chi connectivity index (χ2n) is 7.73. The van der Waals surface area contributed by atoms with Crippen LogP contribution in [-0.4, -0.2) is 74.7 Å². The highest BCUT2D eigenvalue weighted by atomic mass is 15.4. The normalized spacial score (nSPS) is 23.0. The van der Waals surface area contributed by atoms with Gasteiger partial charge in [0.25, 0.3) is 5.78 Å². The summed E-state index contributed by atoms with van der Waals surface area (Å²) >= 11 is 0. The van der Waals surface area contributed by atoms with Crippen molar-refractivity contribution in [2.24, 2.45) is 0 Å². The number of likely N-dealkylation sites (N-methyl/N-ethyl adjacent to an activating group) is 1. The van der Waals surface area contributed by atoms with Crippen molar-refractivity contribution in [1.29, 1.82) is 0 Å². The van der Waals surface area contributed by atoms with Gasteiger partial charge in [-0.1, -0.05) is 13.3 Å². The van der Waals surface area contributed by atoms with Crippen LogP contribution in [0.4, 0.5) is 5.82 Å². The Balaban J connectivity index is 1.59. The molecule has 2 aliphatic rings. The van der Waals surface area contributed by atoms with Crippen molar-refractivity contribution in [3.63, 3.8) is 0 Å². The van der Waals surface area contributed by atoms with E-state index in [0.29, 0.717) is 6.04 Å². The predicted octanol–water partition coefficient (Wildman–Crippen LogP) is 1.95. The minimum absolute atomic E-state index is 0.617. The van der Waals surface area contributed by atoms with Crippen LogP contribution in [0.3, 0.4) is 0 Å². The SMILES string of the molecule is CCN1CCN(c2cc(C)nc3nc(CN4CCCCC4C)nn23)CC1. The molecule has 4 rings (SSSR count). The lowest BCUT2D eigenvalue weighted by molar-refractivity contribution is 0.149. The third-order valence-electron chi connectivity index (χ3n) is 5.89. The van der Waals surface area contributed by atoms with Gasteiger partial charge in [-0.15, -0.1) is 5.10 Å². The van der Waals surface area contributed by atoms with Crippen molar-refractivity contribution in [2.45, 2.75) is 52.6 Å². The Bertz CT molecular complexity index is 748. The van der Waals surface area contributed by atoms with Crippen LogP contribution in [0.2, 0.25) is 0 Å². The molecule has 1 unspecified atom stereocenters. The lowest BCUT2D eigenvalue weighted by Crippen LogP contribution is -2.46. The predicted molar refractivity (Wildman–Crippen MR) is 104 cm³/mol. The third kappa shape index (κ3) is 3.55. The summed E-state index contributed by atoms with van der Waals surface area (Å²) in [5, 5.41) is 4.84. The standard InChI is InChI=1S/C19H31N7/c1-4-23-9-11-24(12-10-23)18-13-15(2)20-19-21-17(22-26(18)19)14-25-8-6-5-7-16(25)3/h13,16H,4-12,14H2,1-3H3. The van der Waals surface area contributed by atoms with Gasteiger partial charge < -0.3 is 9.80 Å². The molecule has 0 spiro atoms. The van der Waals surface area contributed by atoms with Gasteiger partial charge >= 0.3 is 0 Å². The number of rotatable bonds is 4. The van der Waals surface area contributed by atoms with Gasteiger partial charge in [-0.25, -0.2) is 4.98 Å². The Hall–Kier alpha value is -1.73. The zero-order valence-corrected chi connectivity index (χ0v) is 16.4. The number of likely N-dealkylation sites (tertiary alicyclic amines) is 1. The van der Waals surface area contributed by atoms with E-state index < -0.39 is 0 Å². The molecule has 0 amide bonds. The van der Waals surface area contributed by atoms with Crippen LogP contribution in [0.1, 0.15) is 44.6 Å². The van der Waals surface area contributed by atoms with Gasteiger partial charge in [-0.05, 0) is 39.8 Å². The summed E-state index contributed by atoms with van der Waals surface area (Å²) < 4.78 is 1.96. The number of piperidine rings is 1. The van der Waals surface area contributed by atoms with Crippen LogP contribution in [0.5, 0.6) is 0 Å². The van der Waals surface area contributed by atoms with Gasteiger partial charge in [0.2, 0.25) is 0 Å². The fraction of sp³-hybridized carbons (Fsp3) is 0.737. The summed E-state index contributed by atoms with van der Waals surface area (Å²) in [6, 6.07) is 2.77. The van der Waals surface area contributed by atoms with E-state index in [1.807, 2.05) is 11.4 Å². The van der Waals surface area contributed by atoms with Gasteiger partial charge in [-0.2, -0.15) is 9.50 Å². The summed E-state index contributed by atoms with van der Waals surface area (Å²) in [5.74, 6) is 2.76. The molecule has 2 aromatic heterocycles. The van der Waals surface area contributed by atoms with Crippen molar-refractivity contribution >= 4 is 11.6 Å². The maximum absolute atomic E-state index is 4.84. The van der Waals surface area contributed by atoms with Crippen LogP contribution in [0, 0.1) is 6.92 Å². The van der Waals surface area contributed by atoms with Crippen LogP contribution in [0.15, 0.2) is 6.07 Å². The first-order valence-corrected chi connectivity index (χ1v) is 10.1. The Labute approximate surface area is 156 Å². The molecular formula is C19H31N7. The number of fused-ring (bicyclic) bond motifs is 1. The van der Waals surface area contributed by atoms with Crippen molar-refractivity contribution in [1.82, 2.24) is 29.4 Å². The molecule has 0 saturated carbocycles. The maximum Gasteiger partial charge on any atom is 0.254 e. The molecule has 0 radical (unpaired) electrons. The van der Waals surface area contributed by atoms with E-state index in [9.17, 15) is 0 Å². The van der Waals surface area contributed by atoms with Gasteiger partial charge in [0, 0.05) is 44.0 Å². The molecule has 142 valence electrons. The van der Waals surface area contributed by atoms with E-state index in [0.717, 1.165) is 68.9 Å². The molecule has 0 aromatic carbocycles. The molecule has 2 aliphatic heterocycles. The van der Waals surface area contributed by atoms with Gasteiger partial charge in [0.1, 0.15) is 5.82 Å². The molecule has 2 aromatic rings. The number of hydrogen-bond acceptors (Lipinski definition) is 6. The molecule has 1 atom stereocenters. The zero-order chi connectivity index (χ0) is 18.1. The highest BCUT2D eigenvalue weighted by Crippen LogP contribution is 2.21. The fourth-order valence-electron chi connectivity index (χ4n) is 4.17. The van der Waals surface area contributed by atoms with E-state index in [1.165, 1.54) is 19.3 Å². The average molecular weight is 358 g/mol. The van der Waals surface area contributed by atoms with Crippen LogP contribution < -0.4 is 4.90 Å². The van der Waals surface area contributed by atoms with Gasteiger partial charge in [0.15, 0.2) is 5.82 Å². The number of nitrogens with zero attached hydrogens (tertiary/aromatic N) is 7. The summed E-state index contributed by atoms with van der Waals surface area (Å²) in [6.45, 7) is 14.0. The lowest BCUT2D eigenvalue weighted by atomic mass is 10.0. The highest BCUT2D eigenvalue weighted by Gasteiger charge is 2.23. The molecule has 2 fully saturated rings. The second kappa shape index (κ2) is 7.48. The molecule has 4 heterocycles. The largest absolute Gasteiger partial charge is 0.354 e. The van der Waals surface area contributed by atoms with E-state index in [4.69, 9.17) is 10.1 Å². The first-order chi connectivity index (χ1) is 12.6. The van der Waals surface area contributed by atoms with Crippen LogP contribution in [0.25, 0.3) is 5.78 Å². The Morgan fingerprint density at radius 3 is 2.62 bits per heavy atom. The quantitative estimate of drug-likeness (QED) is 0.834. The zero-order valence-electron chi connectivity index (χ0n) is 16.4. The minimum atomic E-state index is 0.617. The van der Waals surface area contributed by atoms with Crippen LogP contribution in [-0.2, 0) is 6.54 Å². The Morgan fingerprint density at radius 2 is 1.88 bits per heavy atom. The number of anilines is 1. The van der Waals surface area contributed by atoms with E-state index in [2.05, 4.69) is 39.6 Å². The maximum atomic E-state index is 4.84. The Kier molecular flexibility index (Phi) is 5.09. The second-order valence-corrected chi connectivity index (χ2v) is 7.73. The summed E-state index contributed by atoms with van der Waals surface area (Å²) in [7, 11) is 0. The number of piperazine rings is 1. The molecule has 0 bridgehead atoms. The van der Waals surface area contributed by atoms with Crippen LogP contribution >= 0.6 is 0 Å². The summed E-state index contributed by atoms with van der Waals surface area (Å²) in [5.41, 5.74) is 1.01. The number of aryl methyl sites for hydroxylation is 1. The van der Waals surface area contributed by atoms with Crippen molar-refractivity contribution < 1.29 is 0 Å². The molecule has 2 saturated heterocycles. The molecular weight excluding hydrogens is 326 g/mol. The smallest absolute Gasteiger partial charge is 0.254 e. The highest BCUT2D eigenvalue weighted by molar-refractivity contribution is 5.48. The number of hydrogen-bond donors (Lipinski definition) is 0. The van der Waals surface area contributed by atoms with E-state index in [1.54, 1.807) is 0 Å². The molecule has 7 heteroatoms. The van der Waals surface area contributed by atoms with Crippen molar-refractivity contribution in [3.8, 4) is 0 Å². The molecule has 0 N–H and O–H groups in total. The van der Waals surface area contributed by atoms with E-state index in [-0.39, 0.29) is 0 Å². The van der Waals surface area contributed by atoms with E-state index >= 15 is 0 Å². The topological polar surface area (TPSA) is 52.8 Å². The van der Waals surface area contributed by atoms with Gasteiger partial charge in [-0.3, -0.25) is 4.90 Å².